The fourth-order valence-corrected chi connectivity index (χ4v) is 3.19. The highest BCUT2D eigenvalue weighted by Gasteiger charge is 2.10. The summed E-state index contributed by atoms with van der Waals surface area (Å²) in [6, 6.07) is 5.88. The molecule has 0 amide bonds. The quantitative estimate of drug-likeness (QED) is 0.500. The molecule has 2 aromatic rings. The molecule has 5 heteroatoms. The van der Waals surface area contributed by atoms with Crippen LogP contribution in [0, 0.1) is 0 Å². The number of fused-ring (bicyclic) bond motifs is 1. The van der Waals surface area contributed by atoms with Crippen molar-refractivity contribution < 1.29 is 0 Å². The molecule has 110 valence electrons. The lowest BCUT2D eigenvalue weighted by Crippen LogP contribution is -2.05. The molecule has 0 saturated heterocycles. The number of halogens is 2. The zero-order valence-corrected chi connectivity index (χ0v) is 14.1. The van der Waals surface area contributed by atoms with Crippen LogP contribution in [-0.2, 0) is 13.0 Å². The van der Waals surface area contributed by atoms with Gasteiger partial charge in [0.2, 0.25) is 0 Å². The molecular weight excluding hydrogens is 311 g/mol. The average molecular weight is 331 g/mol. The van der Waals surface area contributed by atoms with Crippen LogP contribution in [0.25, 0.3) is 11.0 Å². The van der Waals surface area contributed by atoms with Crippen molar-refractivity contribution >= 4 is 46.0 Å². The number of rotatable bonds is 8. The minimum atomic E-state index is 0.601. The van der Waals surface area contributed by atoms with Gasteiger partial charge >= 0.3 is 0 Å². The van der Waals surface area contributed by atoms with E-state index in [-0.39, 0.29) is 0 Å². The number of hydrogen-bond acceptors (Lipinski definition) is 2. The minimum Gasteiger partial charge on any atom is -0.328 e. The number of imidazole rings is 1. The van der Waals surface area contributed by atoms with E-state index in [1.54, 1.807) is 0 Å². The zero-order valence-electron chi connectivity index (χ0n) is 11.7. The predicted octanol–water partition coefficient (Wildman–Crippen LogP) is 5.00. The standard InChI is InChI=1S/C15H20Cl2N2S/c1-20-10-4-2-3-9-19-14-11-12(17)5-6-13(14)18-15(19)7-8-16/h5-6,11H,2-4,7-10H2,1H3. The van der Waals surface area contributed by atoms with Gasteiger partial charge < -0.3 is 4.57 Å². The lowest BCUT2D eigenvalue weighted by molar-refractivity contribution is 0.596. The van der Waals surface area contributed by atoms with Crippen molar-refractivity contribution in [3.63, 3.8) is 0 Å². The maximum absolute atomic E-state index is 6.11. The molecule has 0 unspecified atom stereocenters. The second-order valence-corrected chi connectivity index (χ2v) is 6.61. The third kappa shape index (κ3) is 4.06. The summed E-state index contributed by atoms with van der Waals surface area (Å²) in [6.45, 7) is 0.997. The normalized spacial score (nSPS) is 11.3. The Morgan fingerprint density at radius 3 is 2.85 bits per heavy atom. The number of benzene rings is 1. The third-order valence-corrected chi connectivity index (χ3v) is 4.46. The van der Waals surface area contributed by atoms with Crippen molar-refractivity contribution in [2.45, 2.75) is 32.2 Å². The van der Waals surface area contributed by atoms with Gasteiger partial charge in [0, 0.05) is 23.9 Å². The first-order chi connectivity index (χ1) is 9.76. The Morgan fingerprint density at radius 1 is 1.25 bits per heavy atom. The zero-order chi connectivity index (χ0) is 14.4. The molecule has 1 aromatic heterocycles. The number of hydrogen-bond donors (Lipinski definition) is 0. The number of nitrogens with zero attached hydrogens (tertiary/aromatic N) is 2. The van der Waals surface area contributed by atoms with E-state index >= 15 is 0 Å². The van der Waals surface area contributed by atoms with Crippen LogP contribution < -0.4 is 0 Å². The molecule has 0 radical (unpaired) electrons. The first-order valence-electron chi connectivity index (χ1n) is 6.96. The van der Waals surface area contributed by atoms with Crippen LogP contribution in [-0.4, -0.2) is 27.4 Å². The maximum atomic E-state index is 6.11. The lowest BCUT2D eigenvalue weighted by atomic mass is 10.2. The van der Waals surface area contributed by atoms with Crippen molar-refractivity contribution in [1.29, 1.82) is 0 Å². The van der Waals surface area contributed by atoms with Crippen molar-refractivity contribution in [2.75, 3.05) is 17.9 Å². The van der Waals surface area contributed by atoms with Gasteiger partial charge in [0.15, 0.2) is 0 Å². The maximum Gasteiger partial charge on any atom is 0.111 e. The van der Waals surface area contributed by atoms with E-state index in [1.165, 1.54) is 25.0 Å². The van der Waals surface area contributed by atoms with Gasteiger partial charge in [-0.05, 0) is 43.0 Å². The molecule has 1 heterocycles. The lowest BCUT2D eigenvalue weighted by Gasteiger charge is -2.08. The molecule has 0 bridgehead atoms. The molecule has 0 aliphatic carbocycles. The first-order valence-corrected chi connectivity index (χ1v) is 9.26. The minimum absolute atomic E-state index is 0.601. The van der Waals surface area contributed by atoms with Crippen molar-refractivity contribution in [3.05, 3.63) is 29.0 Å². The Bertz CT molecular complexity index is 554. The highest BCUT2D eigenvalue weighted by atomic mass is 35.5. The van der Waals surface area contributed by atoms with Crippen LogP contribution in [0.4, 0.5) is 0 Å². The van der Waals surface area contributed by atoms with E-state index in [0.29, 0.717) is 5.88 Å². The summed E-state index contributed by atoms with van der Waals surface area (Å²) in [5.74, 6) is 2.91. The summed E-state index contributed by atoms with van der Waals surface area (Å²) >= 11 is 13.9. The molecule has 0 aliphatic heterocycles. The van der Waals surface area contributed by atoms with Crippen LogP contribution >= 0.6 is 35.0 Å². The number of aryl methyl sites for hydroxylation is 2. The summed E-state index contributed by atoms with van der Waals surface area (Å²) in [6.07, 6.45) is 6.66. The fraction of sp³-hybridized carbons (Fsp3) is 0.533. The topological polar surface area (TPSA) is 17.8 Å². The largest absolute Gasteiger partial charge is 0.328 e. The van der Waals surface area contributed by atoms with Gasteiger partial charge in [-0.25, -0.2) is 4.98 Å². The van der Waals surface area contributed by atoms with E-state index in [0.717, 1.165) is 34.8 Å². The molecule has 0 N–H and O–H groups in total. The third-order valence-electron chi connectivity index (χ3n) is 3.34. The number of alkyl halides is 1. The smallest absolute Gasteiger partial charge is 0.111 e. The summed E-state index contributed by atoms with van der Waals surface area (Å²) < 4.78 is 2.28. The molecular formula is C15H20Cl2N2S. The molecule has 0 aliphatic rings. The van der Waals surface area contributed by atoms with Crippen LogP contribution in [0.2, 0.25) is 5.02 Å². The number of thioether (sulfide) groups is 1. The van der Waals surface area contributed by atoms with Gasteiger partial charge in [0.1, 0.15) is 5.82 Å². The van der Waals surface area contributed by atoms with Gasteiger partial charge in [-0.3, -0.25) is 0 Å². The molecule has 1 aromatic carbocycles. The Hall–Kier alpha value is -0.380. The van der Waals surface area contributed by atoms with E-state index in [1.807, 2.05) is 30.0 Å². The molecule has 0 saturated carbocycles. The predicted molar refractivity (Wildman–Crippen MR) is 91.4 cm³/mol. The average Bonchev–Trinajstić information content (AvgIpc) is 2.76. The van der Waals surface area contributed by atoms with Gasteiger partial charge in [-0.2, -0.15) is 11.8 Å². The van der Waals surface area contributed by atoms with Crippen LogP contribution in [0.15, 0.2) is 18.2 Å². The summed E-state index contributed by atoms with van der Waals surface area (Å²) in [4.78, 5) is 4.67. The van der Waals surface area contributed by atoms with Crippen LogP contribution in [0.1, 0.15) is 25.1 Å². The van der Waals surface area contributed by atoms with Crippen LogP contribution in [0.5, 0.6) is 0 Å². The van der Waals surface area contributed by atoms with Gasteiger partial charge in [-0.1, -0.05) is 18.0 Å². The fourth-order valence-electron chi connectivity index (χ4n) is 2.36. The molecule has 0 fully saturated rings. The number of aromatic nitrogens is 2. The summed E-state index contributed by atoms with van der Waals surface area (Å²) in [5, 5.41) is 0.762. The Morgan fingerprint density at radius 2 is 2.10 bits per heavy atom. The van der Waals surface area contributed by atoms with E-state index in [9.17, 15) is 0 Å². The van der Waals surface area contributed by atoms with Crippen LogP contribution in [0.3, 0.4) is 0 Å². The van der Waals surface area contributed by atoms with E-state index in [2.05, 4.69) is 15.8 Å². The Balaban J connectivity index is 2.15. The molecule has 2 nitrogen and oxygen atoms in total. The van der Waals surface area contributed by atoms with Gasteiger partial charge in [0.25, 0.3) is 0 Å². The first kappa shape index (κ1) is 16.0. The van der Waals surface area contributed by atoms with E-state index in [4.69, 9.17) is 23.2 Å². The van der Waals surface area contributed by atoms with Gasteiger partial charge in [-0.15, -0.1) is 11.6 Å². The second-order valence-electron chi connectivity index (χ2n) is 4.81. The summed E-state index contributed by atoms with van der Waals surface area (Å²) in [5.41, 5.74) is 2.14. The second kappa shape index (κ2) is 8.16. The molecule has 0 atom stereocenters. The van der Waals surface area contributed by atoms with E-state index < -0.39 is 0 Å². The molecule has 0 spiro atoms. The van der Waals surface area contributed by atoms with Crippen molar-refractivity contribution in [1.82, 2.24) is 9.55 Å². The Labute approximate surface area is 134 Å². The molecule has 2 rings (SSSR count). The summed E-state index contributed by atoms with van der Waals surface area (Å²) in [7, 11) is 0. The van der Waals surface area contributed by atoms with Crippen molar-refractivity contribution in [2.24, 2.45) is 0 Å². The SMILES string of the molecule is CSCCCCCn1c(CCCl)nc2ccc(Cl)cc21. The highest BCUT2D eigenvalue weighted by Crippen LogP contribution is 2.22. The Kier molecular flexibility index (Phi) is 6.53. The number of unbranched alkanes of at least 4 members (excludes halogenated alkanes) is 2. The monoisotopic (exact) mass is 330 g/mol. The highest BCUT2D eigenvalue weighted by molar-refractivity contribution is 7.98. The van der Waals surface area contributed by atoms with Gasteiger partial charge in [0.05, 0.1) is 11.0 Å². The van der Waals surface area contributed by atoms with Crippen molar-refractivity contribution in [3.8, 4) is 0 Å². The molecule has 20 heavy (non-hydrogen) atoms.